The number of hydrogen-bond acceptors (Lipinski definition) is 6. The van der Waals surface area contributed by atoms with Gasteiger partial charge in [-0.2, -0.15) is 0 Å². The lowest BCUT2D eigenvalue weighted by Gasteiger charge is -2.34. The van der Waals surface area contributed by atoms with Gasteiger partial charge in [0.25, 0.3) is 5.91 Å². The molecule has 172 valence electrons. The molecule has 1 saturated carbocycles. The van der Waals surface area contributed by atoms with Gasteiger partial charge in [0.2, 0.25) is 0 Å². The summed E-state index contributed by atoms with van der Waals surface area (Å²) in [5.74, 6) is 0.0716. The molecule has 2 aliphatic rings. The predicted molar refractivity (Wildman–Crippen MR) is 121 cm³/mol. The minimum atomic E-state index is -0.423. The summed E-state index contributed by atoms with van der Waals surface area (Å²) in [5.41, 5.74) is 3.19. The molecule has 2 fully saturated rings. The first kappa shape index (κ1) is 22.5. The molecule has 2 N–H and O–H groups in total. The Morgan fingerprint density at radius 2 is 2.22 bits per heavy atom. The Kier molecular flexibility index (Phi) is 7.22. The van der Waals surface area contributed by atoms with Crippen molar-refractivity contribution in [3.63, 3.8) is 0 Å². The first-order valence-electron chi connectivity index (χ1n) is 11.4. The standard InChI is InChI=1S/C24H32N4O4/c1-16(28(20-7-8-20)23(29)21-15-25-11-12-32-21)19-13-17-5-3-9-26-22(17)18(14-19)6-4-10-27-24(30)31-2/h3,5,9,13-14,16,20-21,25H,4,6-8,10-12,15H2,1-2H3,(H,27,30)/t16-,21-/m1/s1. The summed E-state index contributed by atoms with van der Waals surface area (Å²) in [7, 11) is 1.36. The van der Waals surface area contributed by atoms with Crippen LogP contribution in [0, 0.1) is 0 Å². The van der Waals surface area contributed by atoms with Gasteiger partial charge in [-0.05, 0) is 55.9 Å². The number of carbonyl (C=O) groups is 2. The molecule has 1 aliphatic heterocycles. The lowest BCUT2D eigenvalue weighted by molar-refractivity contribution is -0.148. The van der Waals surface area contributed by atoms with Crippen LogP contribution in [-0.2, 0) is 20.7 Å². The Morgan fingerprint density at radius 3 is 2.94 bits per heavy atom. The molecule has 0 radical (unpaired) electrons. The number of ether oxygens (including phenoxy) is 2. The molecule has 4 rings (SSSR count). The molecule has 1 saturated heterocycles. The summed E-state index contributed by atoms with van der Waals surface area (Å²) < 4.78 is 10.4. The fraction of sp³-hybridized carbons (Fsp3) is 0.542. The number of rotatable bonds is 8. The Bertz CT molecular complexity index is 956. The number of pyridine rings is 1. The van der Waals surface area contributed by atoms with Crippen molar-refractivity contribution in [2.24, 2.45) is 0 Å². The van der Waals surface area contributed by atoms with Gasteiger partial charge >= 0.3 is 6.09 Å². The number of carbonyl (C=O) groups excluding carboxylic acids is 2. The van der Waals surface area contributed by atoms with E-state index in [2.05, 4.69) is 45.5 Å². The molecular formula is C24H32N4O4. The Hall–Kier alpha value is -2.71. The van der Waals surface area contributed by atoms with Gasteiger partial charge in [0.05, 0.1) is 25.3 Å². The number of morpholine rings is 1. The number of fused-ring (bicyclic) bond motifs is 1. The van der Waals surface area contributed by atoms with Crippen LogP contribution >= 0.6 is 0 Å². The Morgan fingerprint density at radius 1 is 1.38 bits per heavy atom. The van der Waals surface area contributed by atoms with Crippen molar-refractivity contribution >= 4 is 22.9 Å². The normalized spacial score (nSPS) is 19.4. The summed E-state index contributed by atoms with van der Waals surface area (Å²) in [4.78, 5) is 31.3. The topological polar surface area (TPSA) is 92.8 Å². The zero-order valence-electron chi connectivity index (χ0n) is 18.8. The Labute approximate surface area is 188 Å². The van der Waals surface area contributed by atoms with Crippen LogP contribution in [0.5, 0.6) is 0 Å². The van der Waals surface area contributed by atoms with Gasteiger partial charge in [0.15, 0.2) is 0 Å². The van der Waals surface area contributed by atoms with E-state index in [0.29, 0.717) is 19.7 Å². The molecule has 1 aromatic heterocycles. The van der Waals surface area contributed by atoms with Crippen molar-refractivity contribution in [1.29, 1.82) is 0 Å². The highest BCUT2D eigenvalue weighted by atomic mass is 16.5. The average molecular weight is 441 g/mol. The molecule has 0 spiro atoms. The van der Waals surface area contributed by atoms with E-state index >= 15 is 0 Å². The minimum absolute atomic E-state index is 0.0583. The van der Waals surface area contributed by atoms with Gasteiger partial charge in [-0.15, -0.1) is 0 Å². The molecule has 0 unspecified atom stereocenters. The fourth-order valence-corrected chi connectivity index (χ4v) is 4.36. The Balaban J connectivity index is 1.56. The number of aryl methyl sites for hydroxylation is 1. The van der Waals surface area contributed by atoms with Gasteiger partial charge in [-0.25, -0.2) is 4.79 Å². The third-order valence-electron chi connectivity index (χ3n) is 6.18. The van der Waals surface area contributed by atoms with Gasteiger partial charge in [-0.1, -0.05) is 12.1 Å². The smallest absolute Gasteiger partial charge is 0.406 e. The van der Waals surface area contributed by atoms with E-state index in [1.165, 1.54) is 7.11 Å². The van der Waals surface area contributed by atoms with Gasteiger partial charge in [0.1, 0.15) is 6.10 Å². The van der Waals surface area contributed by atoms with Crippen molar-refractivity contribution in [3.8, 4) is 0 Å². The highest BCUT2D eigenvalue weighted by Gasteiger charge is 2.40. The van der Waals surface area contributed by atoms with E-state index in [1.807, 2.05) is 11.0 Å². The molecule has 2 aromatic rings. The number of nitrogens with one attached hydrogen (secondary N) is 2. The fourth-order valence-electron chi connectivity index (χ4n) is 4.36. The average Bonchev–Trinajstić information content (AvgIpc) is 3.67. The molecule has 0 bridgehead atoms. The van der Waals surface area contributed by atoms with Crippen LogP contribution < -0.4 is 10.6 Å². The monoisotopic (exact) mass is 440 g/mol. The third-order valence-corrected chi connectivity index (χ3v) is 6.18. The van der Waals surface area contributed by atoms with Crippen LogP contribution in [0.1, 0.15) is 43.4 Å². The predicted octanol–water partition coefficient (Wildman–Crippen LogP) is 2.56. The van der Waals surface area contributed by atoms with Crippen LogP contribution in [0.15, 0.2) is 30.5 Å². The lowest BCUT2D eigenvalue weighted by atomic mass is 9.97. The van der Waals surface area contributed by atoms with Crippen LogP contribution in [0.3, 0.4) is 0 Å². The molecule has 8 heteroatoms. The summed E-state index contributed by atoms with van der Waals surface area (Å²) >= 11 is 0. The summed E-state index contributed by atoms with van der Waals surface area (Å²) in [6.07, 6.45) is 4.58. The minimum Gasteiger partial charge on any atom is -0.453 e. The molecular weight excluding hydrogens is 408 g/mol. The summed E-state index contributed by atoms with van der Waals surface area (Å²) in [5, 5.41) is 7.05. The second kappa shape index (κ2) is 10.3. The van der Waals surface area contributed by atoms with Gasteiger partial charge < -0.3 is 25.0 Å². The number of nitrogens with zero attached hydrogens (tertiary/aromatic N) is 2. The second-order valence-corrected chi connectivity index (χ2v) is 8.49. The van der Waals surface area contributed by atoms with E-state index in [9.17, 15) is 9.59 Å². The highest BCUT2D eigenvalue weighted by molar-refractivity contribution is 5.84. The SMILES string of the molecule is COC(=O)NCCCc1cc([C@@H](C)N(C(=O)[C@H]2CNCCO2)C2CC2)cc2cccnc12. The number of alkyl carbamates (subject to hydrolysis) is 1. The highest BCUT2D eigenvalue weighted by Crippen LogP contribution is 2.36. The van der Waals surface area contributed by atoms with E-state index in [0.717, 1.165) is 54.3 Å². The van der Waals surface area contributed by atoms with Gasteiger partial charge in [-0.3, -0.25) is 9.78 Å². The van der Waals surface area contributed by atoms with E-state index in [-0.39, 0.29) is 18.0 Å². The number of benzene rings is 1. The maximum absolute atomic E-state index is 13.3. The maximum Gasteiger partial charge on any atom is 0.406 e. The van der Waals surface area contributed by atoms with Crippen molar-refractivity contribution < 1.29 is 19.1 Å². The number of amides is 2. The molecule has 2 atom stereocenters. The quantitative estimate of drug-likeness (QED) is 0.613. The first-order valence-corrected chi connectivity index (χ1v) is 11.4. The number of hydrogen-bond donors (Lipinski definition) is 2. The molecule has 1 aliphatic carbocycles. The number of methoxy groups -OCH3 is 1. The zero-order chi connectivity index (χ0) is 22.5. The van der Waals surface area contributed by atoms with E-state index in [1.54, 1.807) is 6.20 Å². The molecule has 2 heterocycles. The molecule has 8 nitrogen and oxygen atoms in total. The van der Waals surface area contributed by atoms with Crippen LogP contribution in [-0.4, -0.2) is 67.4 Å². The van der Waals surface area contributed by atoms with Crippen LogP contribution in [0.25, 0.3) is 10.9 Å². The van der Waals surface area contributed by atoms with Crippen molar-refractivity contribution in [3.05, 3.63) is 41.6 Å². The van der Waals surface area contributed by atoms with Gasteiger partial charge in [0, 0.05) is 37.3 Å². The molecule has 1 aromatic carbocycles. The second-order valence-electron chi connectivity index (χ2n) is 8.49. The summed E-state index contributed by atoms with van der Waals surface area (Å²) in [6.45, 7) is 4.55. The zero-order valence-corrected chi connectivity index (χ0v) is 18.8. The first-order chi connectivity index (χ1) is 15.6. The van der Waals surface area contributed by atoms with E-state index in [4.69, 9.17) is 4.74 Å². The molecule has 32 heavy (non-hydrogen) atoms. The van der Waals surface area contributed by atoms with Crippen LogP contribution in [0.2, 0.25) is 0 Å². The van der Waals surface area contributed by atoms with Crippen molar-refractivity contribution in [1.82, 2.24) is 20.5 Å². The van der Waals surface area contributed by atoms with Crippen molar-refractivity contribution in [2.45, 2.75) is 50.8 Å². The maximum atomic E-state index is 13.3. The van der Waals surface area contributed by atoms with E-state index < -0.39 is 12.2 Å². The van der Waals surface area contributed by atoms with Crippen LogP contribution in [0.4, 0.5) is 4.79 Å². The summed E-state index contributed by atoms with van der Waals surface area (Å²) in [6, 6.07) is 8.53. The number of aromatic nitrogens is 1. The third kappa shape index (κ3) is 5.19. The molecule has 2 amide bonds. The van der Waals surface area contributed by atoms with Crippen molar-refractivity contribution in [2.75, 3.05) is 33.4 Å². The lowest BCUT2D eigenvalue weighted by Crippen LogP contribution is -2.50. The largest absolute Gasteiger partial charge is 0.453 e.